The molecule has 0 spiro atoms. The Kier molecular flexibility index (Phi) is 32.0. The van der Waals surface area contributed by atoms with Gasteiger partial charge in [-0.2, -0.15) is 0 Å². The van der Waals surface area contributed by atoms with E-state index in [2.05, 4.69) is 31.3 Å². The van der Waals surface area contributed by atoms with Crippen molar-refractivity contribution in [2.24, 2.45) is 0 Å². The van der Waals surface area contributed by atoms with Crippen LogP contribution in [0.2, 0.25) is 0 Å². The molecule has 0 saturated carbocycles. The van der Waals surface area contributed by atoms with E-state index in [0.717, 1.165) is 51.4 Å². The molecular formula is C43H83NO10. The largest absolute Gasteiger partial charge is 0.394 e. The minimum atomic E-state index is -1.66. The molecule has 1 saturated heterocycles. The van der Waals surface area contributed by atoms with E-state index in [1.54, 1.807) is 0 Å². The number of rotatable bonds is 36. The van der Waals surface area contributed by atoms with Crippen molar-refractivity contribution < 1.29 is 50.0 Å². The highest BCUT2D eigenvalue weighted by Gasteiger charge is 2.44. The first kappa shape index (κ1) is 50.9. The van der Waals surface area contributed by atoms with Gasteiger partial charge < -0.3 is 50.5 Å². The van der Waals surface area contributed by atoms with Gasteiger partial charge in [-0.3, -0.25) is 4.79 Å². The van der Waals surface area contributed by atoms with Gasteiger partial charge in [-0.15, -0.1) is 0 Å². The number of aliphatic hydroxyl groups is 7. The normalized spacial score (nSPS) is 22.7. The SMILES string of the molecule is CCCCCCCCC=CCCCCCCC(O)C(O)C(COC1OC(CO)C(O)C(O)C1O)NC(=O)C(O)CCCCCCCCCCCCCCC. The Morgan fingerprint density at radius 3 is 1.56 bits per heavy atom. The molecule has 9 atom stereocenters. The van der Waals surface area contributed by atoms with Gasteiger partial charge in [-0.25, -0.2) is 0 Å². The van der Waals surface area contributed by atoms with E-state index >= 15 is 0 Å². The molecule has 1 aliphatic rings. The summed E-state index contributed by atoms with van der Waals surface area (Å²) in [5, 5.41) is 75.5. The first-order valence-corrected chi connectivity index (χ1v) is 22.1. The van der Waals surface area contributed by atoms with Crippen molar-refractivity contribution in [3.63, 3.8) is 0 Å². The van der Waals surface area contributed by atoms with Crippen molar-refractivity contribution in [1.29, 1.82) is 0 Å². The molecule has 0 bridgehead atoms. The molecule has 0 aliphatic carbocycles. The molecule has 9 unspecified atom stereocenters. The average molecular weight is 774 g/mol. The first-order chi connectivity index (χ1) is 26.2. The summed E-state index contributed by atoms with van der Waals surface area (Å²) >= 11 is 0. The lowest BCUT2D eigenvalue weighted by molar-refractivity contribution is -0.303. The number of hydrogen-bond acceptors (Lipinski definition) is 10. The van der Waals surface area contributed by atoms with Gasteiger partial charge in [0.1, 0.15) is 36.6 Å². The zero-order chi connectivity index (χ0) is 39.8. The lowest BCUT2D eigenvalue weighted by Gasteiger charge is -2.40. The molecule has 0 aromatic heterocycles. The van der Waals surface area contributed by atoms with Gasteiger partial charge >= 0.3 is 0 Å². The van der Waals surface area contributed by atoms with Gasteiger partial charge in [0.05, 0.1) is 25.4 Å². The Balaban J connectivity index is 2.51. The standard InChI is InChI=1S/C43H83NO10/c1-3-5-7-9-11-13-15-17-19-20-22-24-26-28-30-35(46)38(48)34(33-53-43-41(51)40(50)39(49)37(32-45)54-43)44-42(52)36(47)31-29-27-25-23-21-18-16-14-12-10-8-6-4-2/h17,19,34-41,43,45-51H,3-16,18,20-33H2,1-2H3,(H,44,52). The fourth-order valence-electron chi connectivity index (χ4n) is 7.08. The Hall–Kier alpha value is -1.15. The maximum atomic E-state index is 13.0. The molecule has 11 nitrogen and oxygen atoms in total. The van der Waals surface area contributed by atoms with Crippen LogP contribution in [-0.2, 0) is 14.3 Å². The zero-order valence-electron chi connectivity index (χ0n) is 34.2. The van der Waals surface area contributed by atoms with E-state index in [4.69, 9.17) is 9.47 Å². The van der Waals surface area contributed by atoms with Crippen molar-refractivity contribution >= 4 is 5.91 Å². The number of amides is 1. The summed E-state index contributed by atoms with van der Waals surface area (Å²) in [5.74, 6) is -0.702. The predicted octanol–water partition coefficient (Wildman–Crippen LogP) is 6.50. The molecule has 1 rings (SSSR count). The van der Waals surface area contributed by atoms with Gasteiger partial charge in [0.2, 0.25) is 5.91 Å². The number of unbranched alkanes of at least 4 members (excludes halogenated alkanes) is 22. The molecule has 11 heteroatoms. The highest BCUT2D eigenvalue weighted by atomic mass is 16.7. The van der Waals surface area contributed by atoms with E-state index < -0.39 is 74.2 Å². The Morgan fingerprint density at radius 1 is 0.630 bits per heavy atom. The van der Waals surface area contributed by atoms with Crippen LogP contribution < -0.4 is 5.32 Å². The van der Waals surface area contributed by atoms with E-state index in [0.29, 0.717) is 19.3 Å². The third kappa shape index (κ3) is 23.8. The van der Waals surface area contributed by atoms with Crippen LogP contribution in [0.3, 0.4) is 0 Å². The van der Waals surface area contributed by atoms with E-state index in [9.17, 15) is 40.5 Å². The van der Waals surface area contributed by atoms with Gasteiger partial charge in [0, 0.05) is 0 Å². The number of allylic oxidation sites excluding steroid dienone is 2. The fraction of sp³-hybridized carbons (Fsp3) is 0.930. The molecule has 1 fully saturated rings. The van der Waals surface area contributed by atoms with Gasteiger partial charge in [0.25, 0.3) is 0 Å². The Labute approximate surface area is 328 Å². The number of hydrogen-bond donors (Lipinski definition) is 8. The Morgan fingerprint density at radius 2 is 1.07 bits per heavy atom. The minimum absolute atomic E-state index is 0.261. The number of carbonyl (C=O) groups is 1. The van der Waals surface area contributed by atoms with Crippen LogP contribution >= 0.6 is 0 Å². The van der Waals surface area contributed by atoms with Crippen molar-refractivity contribution in [1.82, 2.24) is 5.32 Å². The first-order valence-electron chi connectivity index (χ1n) is 22.1. The van der Waals surface area contributed by atoms with E-state index in [-0.39, 0.29) is 6.42 Å². The molecule has 1 amide bonds. The zero-order valence-corrected chi connectivity index (χ0v) is 34.2. The molecule has 1 aliphatic heterocycles. The van der Waals surface area contributed by atoms with E-state index in [1.165, 1.54) is 96.3 Å². The molecule has 0 radical (unpaired) electrons. The van der Waals surface area contributed by atoms with Gasteiger partial charge in [0.15, 0.2) is 6.29 Å². The van der Waals surface area contributed by atoms with Crippen LogP contribution in [0.15, 0.2) is 12.2 Å². The van der Waals surface area contributed by atoms with Crippen LogP contribution in [0.4, 0.5) is 0 Å². The highest BCUT2D eigenvalue weighted by molar-refractivity contribution is 5.80. The number of ether oxygens (including phenoxy) is 2. The summed E-state index contributed by atoms with van der Waals surface area (Å²) in [6.07, 6.45) is 22.6. The monoisotopic (exact) mass is 774 g/mol. The number of carbonyl (C=O) groups excluding carboxylic acids is 1. The summed E-state index contributed by atoms with van der Waals surface area (Å²) < 4.78 is 11.1. The summed E-state index contributed by atoms with van der Waals surface area (Å²) in [4.78, 5) is 13.0. The smallest absolute Gasteiger partial charge is 0.249 e. The predicted molar refractivity (Wildman–Crippen MR) is 215 cm³/mol. The lowest BCUT2D eigenvalue weighted by Crippen LogP contribution is -2.60. The van der Waals surface area contributed by atoms with Crippen LogP contribution in [0, 0.1) is 0 Å². The summed E-state index contributed by atoms with van der Waals surface area (Å²) in [5.41, 5.74) is 0. The lowest BCUT2D eigenvalue weighted by atomic mass is 9.98. The Bertz CT molecular complexity index is 892. The molecule has 8 N–H and O–H groups in total. The van der Waals surface area contributed by atoms with Crippen molar-refractivity contribution in [2.75, 3.05) is 13.2 Å². The van der Waals surface area contributed by atoms with Gasteiger partial charge in [-0.1, -0.05) is 161 Å². The number of nitrogens with one attached hydrogen (secondary N) is 1. The third-order valence-electron chi connectivity index (χ3n) is 10.8. The second-order valence-electron chi connectivity index (χ2n) is 15.8. The molecule has 0 aromatic rings. The third-order valence-corrected chi connectivity index (χ3v) is 10.8. The van der Waals surface area contributed by atoms with Crippen LogP contribution in [0.5, 0.6) is 0 Å². The topological polar surface area (TPSA) is 189 Å². The molecular weight excluding hydrogens is 690 g/mol. The van der Waals surface area contributed by atoms with Crippen LogP contribution in [0.1, 0.15) is 187 Å². The highest BCUT2D eigenvalue weighted by Crippen LogP contribution is 2.23. The summed E-state index contributed by atoms with van der Waals surface area (Å²) in [6.45, 7) is 3.41. The van der Waals surface area contributed by atoms with Gasteiger partial charge in [-0.05, 0) is 38.5 Å². The second kappa shape index (κ2) is 33.9. The van der Waals surface area contributed by atoms with Crippen LogP contribution in [0.25, 0.3) is 0 Å². The fourth-order valence-corrected chi connectivity index (χ4v) is 7.08. The van der Waals surface area contributed by atoms with Crippen molar-refractivity contribution in [2.45, 2.75) is 242 Å². The molecule has 320 valence electrons. The minimum Gasteiger partial charge on any atom is -0.394 e. The molecule has 1 heterocycles. The van der Waals surface area contributed by atoms with E-state index in [1.807, 2.05) is 0 Å². The van der Waals surface area contributed by atoms with Crippen molar-refractivity contribution in [3.8, 4) is 0 Å². The van der Waals surface area contributed by atoms with Crippen molar-refractivity contribution in [3.05, 3.63) is 12.2 Å². The quantitative estimate of drug-likeness (QED) is 0.0258. The average Bonchev–Trinajstić information content (AvgIpc) is 3.17. The second-order valence-corrected chi connectivity index (χ2v) is 15.8. The maximum absolute atomic E-state index is 13.0. The maximum Gasteiger partial charge on any atom is 0.249 e. The molecule has 0 aromatic carbocycles. The van der Waals surface area contributed by atoms with Crippen LogP contribution in [-0.4, -0.2) is 110 Å². The number of aliphatic hydroxyl groups excluding tert-OH is 7. The molecule has 54 heavy (non-hydrogen) atoms. The summed E-state index contributed by atoms with van der Waals surface area (Å²) in [7, 11) is 0. The summed E-state index contributed by atoms with van der Waals surface area (Å²) in [6, 6.07) is -1.17.